The van der Waals surface area contributed by atoms with Crippen LogP contribution in [0.25, 0.3) is 0 Å². The van der Waals surface area contributed by atoms with Gasteiger partial charge in [-0.2, -0.15) is 0 Å². The Morgan fingerprint density at radius 3 is 3.00 bits per heavy atom. The maximum absolute atomic E-state index is 6.17. The molecule has 0 aliphatic carbocycles. The smallest absolute Gasteiger partial charge is 0.133 e. The SMILES string of the molecule is CCCNC(c1ccco1)C1CSc2ccccc2O1. The van der Waals surface area contributed by atoms with Crippen LogP contribution in [0.2, 0.25) is 0 Å². The predicted molar refractivity (Wildman–Crippen MR) is 81.3 cm³/mol. The Morgan fingerprint density at radius 1 is 1.30 bits per heavy atom. The van der Waals surface area contributed by atoms with Crippen molar-refractivity contribution in [1.82, 2.24) is 5.32 Å². The summed E-state index contributed by atoms with van der Waals surface area (Å²) in [6.07, 6.45) is 2.90. The Balaban J connectivity index is 1.79. The molecule has 0 saturated heterocycles. The van der Waals surface area contributed by atoms with Crippen LogP contribution in [0, 0.1) is 0 Å². The second kappa shape index (κ2) is 6.37. The minimum Gasteiger partial charge on any atom is -0.486 e. The lowest BCUT2D eigenvalue weighted by atomic mass is 10.1. The summed E-state index contributed by atoms with van der Waals surface area (Å²) in [5, 5.41) is 3.54. The Morgan fingerprint density at radius 2 is 2.20 bits per heavy atom. The fraction of sp³-hybridized carbons (Fsp3) is 0.375. The van der Waals surface area contributed by atoms with Crippen LogP contribution < -0.4 is 10.1 Å². The molecular weight excluding hydrogens is 270 g/mol. The van der Waals surface area contributed by atoms with E-state index in [-0.39, 0.29) is 12.1 Å². The van der Waals surface area contributed by atoms with Crippen LogP contribution in [0.1, 0.15) is 25.1 Å². The zero-order valence-corrected chi connectivity index (χ0v) is 12.4. The van der Waals surface area contributed by atoms with Gasteiger partial charge in [0, 0.05) is 10.6 Å². The third-order valence-electron chi connectivity index (χ3n) is 3.37. The first-order chi connectivity index (χ1) is 9.88. The van der Waals surface area contributed by atoms with Crippen LogP contribution in [0.5, 0.6) is 5.75 Å². The first-order valence-electron chi connectivity index (χ1n) is 7.03. The van der Waals surface area contributed by atoms with Gasteiger partial charge >= 0.3 is 0 Å². The minimum absolute atomic E-state index is 0.0904. The highest BCUT2D eigenvalue weighted by atomic mass is 32.2. The second-order valence-corrected chi connectivity index (χ2v) is 5.92. The molecule has 2 heterocycles. The van der Waals surface area contributed by atoms with Crippen molar-refractivity contribution in [2.75, 3.05) is 12.3 Å². The number of hydrogen-bond acceptors (Lipinski definition) is 4. The monoisotopic (exact) mass is 289 g/mol. The van der Waals surface area contributed by atoms with Crippen molar-refractivity contribution in [3.05, 3.63) is 48.4 Å². The van der Waals surface area contributed by atoms with Crippen molar-refractivity contribution in [3.8, 4) is 5.75 Å². The Labute approximate surface area is 123 Å². The summed E-state index contributed by atoms with van der Waals surface area (Å²) >= 11 is 1.85. The number of fused-ring (bicyclic) bond motifs is 1. The van der Waals surface area contributed by atoms with Crippen molar-refractivity contribution < 1.29 is 9.15 Å². The fourth-order valence-corrected chi connectivity index (χ4v) is 3.42. The van der Waals surface area contributed by atoms with E-state index >= 15 is 0 Å². The maximum Gasteiger partial charge on any atom is 0.133 e. The summed E-state index contributed by atoms with van der Waals surface area (Å²) in [7, 11) is 0. The van der Waals surface area contributed by atoms with Crippen molar-refractivity contribution in [3.63, 3.8) is 0 Å². The Bertz CT molecular complexity index is 541. The molecule has 3 rings (SSSR count). The van der Waals surface area contributed by atoms with E-state index in [9.17, 15) is 0 Å². The van der Waals surface area contributed by atoms with E-state index in [0.29, 0.717) is 0 Å². The number of ether oxygens (including phenoxy) is 1. The summed E-state index contributed by atoms with van der Waals surface area (Å²) in [4.78, 5) is 1.22. The quantitative estimate of drug-likeness (QED) is 0.906. The standard InChI is InChI=1S/C16H19NO2S/c1-2-9-17-16(13-7-5-10-18-13)14-11-20-15-8-4-3-6-12(15)19-14/h3-8,10,14,16-17H,2,9,11H2,1H3. The summed E-state index contributed by atoms with van der Waals surface area (Å²) in [5.74, 6) is 2.85. The molecule has 3 nitrogen and oxygen atoms in total. The molecule has 2 aromatic rings. The first-order valence-corrected chi connectivity index (χ1v) is 8.02. The average Bonchev–Trinajstić information content (AvgIpc) is 3.02. The van der Waals surface area contributed by atoms with Crippen LogP contribution in [0.15, 0.2) is 52.0 Å². The summed E-state index contributed by atoms with van der Waals surface area (Å²) in [6, 6.07) is 12.3. The van der Waals surface area contributed by atoms with E-state index < -0.39 is 0 Å². The number of thioether (sulfide) groups is 1. The highest BCUT2D eigenvalue weighted by Gasteiger charge is 2.30. The molecule has 0 saturated carbocycles. The predicted octanol–water partition coefficient (Wildman–Crippen LogP) is 3.87. The third-order valence-corrected chi connectivity index (χ3v) is 4.51. The minimum atomic E-state index is 0.0904. The van der Waals surface area contributed by atoms with Gasteiger partial charge in [0.15, 0.2) is 0 Å². The molecule has 106 valence electrons. The first kappa shape index (κ1) is 13.6. The Kier molecular flexibility index (Phi) is 4.33. The van der Waals surface area contributed by atoms with Crippen LogP contribution >= 0.6 is 11.8 Å². The molecule has 0 fully saturated rings. The molecule has 1 aromatic carbocycles. The summed E-state index contributed by atoms with van der Waals surface area (Å²) in [6.45, 7) is 3.12. The van der Waals surface area contributed by atoms with E-state index in [1.165, 1.54) is 4.90 Å². The van der Waals surface area contributed by atoms with E-state index in [0.717, 1.165) is 30.2 Å². The molecule has 0 amide bonds. The number of nitrogens with one attached hydrogen (secondary N) is 1. The number of furan rings is 1. The molecule has 0 radical (unpaired) electrons. The van der Waals surface area contributed by atoms with E-state index in [4.69, 9.17) is 9.15 Å². The van der Waals surface area contributed by atoms with Gasteiger partial charge in [-0.1, -0.05) is 19.1 Å². The van der Waals surface area contributed by atoms with Crippen LogP contribution in [0.3, 0.4) is 0 Å². The number of benzene rings is 1. The second-order valence-electron chi connectivity index (χ2n) is 4.86. The summed E-state index contributed by atoms with van der Waals surface area (Å²) < 4.78 is 11.8. The van der Waals surface area contributed by atoms with Gasteiger partial charge in [0.2, 0.25) is 0 Å². The van der Waals surface area contributed by atoms with Gasteiger partial charge in [-0.3, -0.25) is 0 Å². The van der Waals surface area contributed by atoms with Gasteiger partial charge < -0.3 is 14.5 Å². The lowest BCUT2D eigenvalue weighted by Gasteiger charge is -2.31. The van der Waals surface area contributed by atoms with Crippen molar-refractivity contribution in [1.29, 1.82) is 0 Å². The molecular formula is C16H19NO2S. The number of para-hydroxylation sites is 1. The molecule has 1 aliphatic rings. The lowest BCUT2D eigenvalue weighted by Crippen LogP contribution is -2.39. The molecule has 1 N–H and O–H groups in total. The highest BCUT2D eigenvalue weighted by molar-refractivity contribution is 7.99. The van der Waals surface area contributed by atoms with E-state index in [2.05, 4.69) is 24.4 Å². The van der Waals surface area contributed by atoms with Crippen LogP contribution in [0.4, 0.5) is 0 Å². The van der Waals surface area contributed by atoms with Crippen molar-refractivity contribution in [2.45, 2.75) is 30.4 Å². The maximum atomic E-state index is 6.17. The molecule has 2 unspecified atom stereocenters. The molecule has 1 aliphatic heterocycles. The number of rotatable bonds is 5. The van der Waals surface area contributed by atoms with Gasteiger partial charge in [-0.25, -0.2) is 0 Å². The van der Waals surface area contributed by atoms with Gasteiger partial charge in [0.1, 0.15) is 23.7 Å². The number of hydrogen-bond donors (Lipinski definition) is 1. The topological polar surface area (TPSA) is 34.4 Å². The molecule has 4 heteroatoms. The zero-order valence-electron chi connectivity index (χ0n) is 11.5. The molecule has 20 heavy (non-hydrogen) atoms. The van der Waals surface area contributed by atoms with Gasteiger partial charge in [-0.15, -0.1) is 11.8 Å². The lowest BCUT2D eigenvalue weighted by molar-refractivity contribution is 0.153. The van der Waals surface area contributed by atoms with Gasteiger partial charge in [-0.05, 0) is 37.2 Å². The van der Waals surface area contributed by atoms with E-state index in [1.54, 1.807) is 6.26 Å². The Hall–Kier alpha value is -1.39. The van der Waals surface area contributed by atoms with Crippen LogP contribution in [-0.4, -0.2) is 18.4 Å². The zero-order chi connectivity index (χ0) is 13.8. The largest absolute Gasteiger partial charge is 0.486 e. The van der Waals surface area contributed by atoms with E-state index in [1.807, 2.05) is 36.0 Å². The highest BCUT2D eigenvalue weighted by Crippen LogP contribution is 2.38. The van der Waals surface area contributed by atoms with Gasteiger partial charge in [0.25, 0.3) is 0 Å². The third kappa shape index (κ3) is 2.86. The van der Waals surface area contributed by atoms with Gasteiger partial charge in [0.05, 0.1) is 6.26 Å². The average molecular weight is 289 g/mol. The summed E-state index contributed by atoms with van der Waals surface area (Å²) in [5.41, 5.74) is 0. The molecule has 2 atom stereocenters. The molecule has 0 bridgehead atoms. The van der Waals surface area contributed by atoms with Crippen molar-refractivity contribution >= 4 is 11.8 Å². The normalized spacial score (nSPS) is 19.1. The van der Waals surface area contributed by atoms with Crippen molar-refractivity contribution in [2.24, 2.45) is 0 Å². The molecule has 0 spiro atoms. The fourth-order valence-electron chi connectivity index (χ4n) is 2.38. The molecule has 1 aromatic heterocycles. The van der Waals surface area contributed by atoms with Crippen LogP contribution in [-0.2, 0) is 0 Å².